The number of halogens is 1. The molecule has 2 aromatic carbocycles. The molecule has 1 aliphatic heterocycles. The molecule has 0 amide bonds. The summed E-state index contributed by atoms with van der Waals surface area (Å²) in [4.78, 5) is 12.5. The molecule has 128 valence electrons. The molecule has 6 heteroatoms. The molecule has 3 aromatic rings. The van der Waals surface area contributed by atoms with Crippen LogP contribution in [0.25, 0.3) is 10.9 Å². The average molecular weight is 364 g/mol. The maximum absolute atomic E-state index is 12.5. The SMILES string of the molecule is CC(=O)n1c2c(c3ccccc31)OC(N)=C(C#N)C2c1cccc(Cl)c1. The monoisotopic (exact) mass is 363 g/mol. The lowest BCUT2D eigenvalue weighted by Crippen LogP contribution is -2.24. The van der Waals surface area contributed by atoms with E-state index in [1.54, 1.807) is 22.8 Å². The summed E-state index contributed by atoms with van der Waals surface area (Å²) in [5.41, 5.74) is 8.38. The molecular weight excluding hydrogens is 350 g/mol. The largest absolute Gasteiger partial charge is 0.438 e. The lowest BCUT2D eigenvalue weighted by molar-refractivity contribution is 0.0937. The molecule has 0 saturated heterocycles. The van der Waals surface area contributed by atoms with Crippen LogP contribution in [0.5, 0.6) is 5.75 Å². The molecule has 0 radical (unpaired) electrons. The van der Waals surface area contributed by atoms with Gasteiger partial charge >= 0.3 is 0 Å². The number of allylic oxidation sites excluding steroid dienone is 1. The molecule has 0 aliphatic carbocycles. The summed E-state index contributed by atoms with van der Waals surface area (Å²) in [6, 6.07) is 16.8. The Hall–Kier alpha value is -3.23. The topological polar surface area (TPSA) is 81.0 Å². The van der Waals surface area contributed by atoms with Gasteiger partial charge in [0.25, 0.3) is 0 Å². The van der Waals surface area contributed by atoms with Crippen molar-refractivity contribution in [1.29, 1.82) is 5.26 Å². The Morgan fingerprint density at radius 2 is 2.04 bits per heavy atom. The Labute approximate surface area is 154 Å². The van der Waals surface area contributed by atoms with Crippen molar-refractivity contribution in [3.8, 4) is 11.8 Å². The number of para-hydroxylation sites is 1. The van der Waals surface area contributed by atoms with E-state index in [0.29, 0.717) is 22.0 Å². The number of nitrogens with zero attached hydrogens (tertiary/aromatic N) is 2. The van der Waals surface area contributed by atoms with E-state index >= 15 is 0 Å². The molecule has 0 fully saturated rings. The Balaban J connectivity index is 2.13. The third kappa shape index (κ3) is 2.27. The van der Waals surface area contributed by atoms with Gasteiger partial charge in [-0.1, -0.05) is 35.9 Å². The number of benzene rings is 2. The predicted molar refractivity (Wildman–Crippen MR) is 99.0 cm³/mol. The average Bonchev–Trinajstić information content (AvgIpc) is 2.94. The lowest BCUT2D eigenvalue weighted by atomic mass is 9.87. The molecule has 0 spiro atoms. The van der Waals surface area contributed by atoms with Crippen LogP contribution in [0.4, 0.5) is 0 Å². The number of ether oxygens (including phenoxy) is 1. The third-order valence-electron chi connectivity index (χ3n) is 4.52. The highest BCUT2D eigenvalue weighted by Gasteiger charge is 2.36. The summed E-state index contributed by atoms with van der Waals surface area (Å²) >= 11 is 6.16. The van der Waals surface area contributed by atoms with Gasteiger partial charge in [-0.3, -0.25) is 9.36 Å². The summed E-state index contributed by atoms with van der Waals surface area (Å²) in [5.74, 6) is -0.178. The first-order valence-corrected chi connectivity index (χ1v) is 8.38. The molecule has 1 unspecified atom stereocenters. The van der Waals surface area contributed by atoms with E-state index in [0.717, 1.165) is 10.9 Å². The number of hydrogen-bond donors (Lipinski definition) is 1. The van der Waals surface area contributed by atoms with E-state index in [2.05, 4.69) is 6.07 Å². The number of nitriles is 1. The Morgan fingerprint density at radius 1 is 1.27 bits per heavy atom. The molecule has 2 N–H and O–H groups in total. The van der Waals surface area contributed by atoms with Crippen molar-refractivity contribution < 1.29 is 9.53 Å². The fourth-order valence-corrected chi connectivity index (χ4v) is 3.71. The highest BCUT2D eigenvalue weighted by Crippen LogP contribution is 2.47. The molecule has 5 nitrogen and oxygen atoms in total. The summed E-state index contributed by atoms with van der Waals surface area (Å²) in [6.07, 6.45) is 0. The van der Waals surface area contributed by atoms with Crippen LogP contribution in [0.1, 0.15) is 28.9 Å². The maximum atomic E-state index is 12.5. The maximum Gasteiger partial charge on any atom is 0.228 e. The Kier molecular flexibility index (Phi) is 3.71. The number of fused-ring (bicyclic) bond motifs is 3. The molecule has 1 aromatic heterocycles. The van der Waals surface area contributed by atoms with E-state index in [1.807, 2.05) is 30.3 Å². The number of hydrogen-bond acceptors (Lipinski definition) is 4. The van der Waals surface area contributed by atoms with Crippen molar-refractivity contribution in [1.82, 2.24) is 4.57 Å². The number of rotatable bonds is 1. The molecule has 26 heavy (non-hydrogen) atoms. The summed E-state index contributed by atoms with van der Waals surface area (Å²) < 4.78 is 7.37. The van der Waals surface area contributed by atoms with E-state index in [9.17, 15) is 10.1 Å². The number of nitrogens with two attached hydrogens (primary N) is 1. The van der Waals surface area contributed by atoms with Crippen molar-refractivity contribution in [2.45, 2.75) is 12.8 Å². The molecule has 1 aliphatic rings. The smallest absolute Gasteiger partial charge is 0.228 e. The van der Waals surface area contributed by atoms with Gasteiger partial charge in [0.15, 0.2) is 5.75 Å². The van der Waals surface area contributed by atoms with Gasteiger partial charge in [0.1, 0.15) is 11.6 Å². The molecule has 2 heterocycles. The van der Waals surface area contributed by atoms with Crippen molar-refractivity contribution in [2.24, 2.45) is 5.73 Å². The number of carbonyl (C=O) groups excluding carboxylic acids is 1. The quantitative estimate of drug-likeness (QED) is 0.703. The number of carbonyl (C=O) groups is 1. The first-order chi connectivity index (χ1) is 12.5. The fourth-order valence-electron chi connectivity index (χ4n) is 3.51. The zero-order valence-electron chi connectivity index (χ0n) is 13.9. The third-order valence-corrected chi connectivity index (χ3v) is 4.76. The minimum atomic E-state index is -0.543. The van der Waals surface area contributed by atoms with Gasteiger partial charge in [-0.05, 0) is 29.8 Å². The molecule has 0 bridgehead atoms. The van der Waals surface area contributed by atoms with E-state index in [-0.39, 0.29) is 17.4 Å². The van der Waals surface area contributed by atoms with E-state index in [4.69, 9.17) is 22.1 Å². The zero-order valence-corrected chi connectivity index (χ0v) is 14.6. The van der Waals surface area contributed by atoms with Gasteiger partial charge in [0.2, 0.25) is 11.8 Å². The fraction of sp³-hybridized carbons (Fsp3) is 0.100. The zero-order chi connectivity index (χ0) is 18.4. The molecule has 1 atom stereocenters. The second kappa shape index (κ2) is 5.94. The van der Waals surface area contributed by atoms with E-state index < -0.39 is 5.92 Å². The van der Waals surface area contributed by atoms with Crippen molar-refractivity contribution in [3.05, 3.63) is 76.3 Å². The van der Waals surface area contributed by atoms with Crippen LogP contribution in [-0.4, -0.2) is 10.5 Å². The minimum absolute atomic E-state index is 0.0384. The lowest BCUT2D eigenvalue weighted by Gasteiger charge is -2.25. The van der Waals surface area contributed by atoms with Crippen molar-refractivity contribution in [2.75, 3.05) is 0 Å². The highest BCUT2D eigenvalue weighted by atomic mass is 35.5. The normalized spacial score (nSPS) is 16.1. The second-order valence-corrected chi connectivity index (χ2v) is 6.50. The highest BCUT2D eigenvalue weighted by molar-refractivity contribution is 6.30. The van der Waals surface area contributed by atoms with Crippen LogP contribution in [0.15, 0.2) is 60.0 Å². The first-order valence-electron chi connectivity index (χ1n) is 8.00. The first kappa shape index (κ1) is 16.2. The van der Waals surface area contributed by atoms with Crippen molar-refractivity contribution in [3.63, 3.8) is 0 Å². The van der Waals surface area contributed by atoms with Crippen LogP contribution in [0.2, 0.25) is 5.02 Å². The molecular formula is C20H14ClN3O2. The van der Waals surface area contributed by atoms with Gasteiger partial charge in [0.05, 0.1) is 17.1 Å². The van der Waals surface area contributed by atoms with Crippen LogP contribution < -0.4 is 10.5 Å². The van der Waals surface area contributed by atoms with Gasteiger partial charge < -0.3 is 10.5 Å². The summed E-state index contributed by atoms with van der Waals surface area (Å²) in [5, 5.41) is 11.0. The van der Waals surface area contributed by atoms with Crippen molar-refractivity contribution >= 4 is 28.4 Å². The predicted octanol–water partition coefficient (Wildman–Crippen LogP) is 4.17. The standard InChI is InChI=1S/C20H14ClN3O2/c1-11(25)24-16-8-3-2-7-14(16)19-18(24)17(15(10-22)20(23)26-19)12-5-4-6-13(21)9-12/h2-9,17H,23H2,1H3. The molecule has 0 saturated carbocycles. The van der Waals surface area contributed by atoms with Gasteiger partial charge in [-0.15, -0.1) is 0 Å². The summed E-state index contributed by atoms with van der Waals surface area (Å²) in [6.45, 7) is 1.48. The Morgan fingerprint density at radius 3 is 2.73 bits per heavy atom. The van der Waals surface area contributed by atoms with Crippen LogP contribution in [-0.2, 0) is 0 Å². The summed E-state index contributed by atoms with van der Waals surface area (Å²) in [7, 11) is 0. The van der Waals surface area contributed by atoms with Gasteiger partial charge in [0, 0.05) is 17.3 Å². The van der Waals surface area contributed by atoms with Crippen LogP contribution >= 0.6 is 11.6 Å². The minimum Gasteiger partial charge on any atom is -0.438 e. The number of aromatic nitrogens is 1. The van der Waals surface area contributed by atoms with Gasteiger partial charge in [-0.25, -0.2) is 0 Å². The van der Waals surface area contributed by atoms with Crippen LogP contribution in [0.3, 0.4) is 0 Å². The van der Waals surface area contributed by atoms with Gasteiger partial charge in [-0.2, -0.15) is 5.26 Å². The van der Waals surface area contributed by atoms with Crippen LogP contribution in [0, 0.1) is 11.3 Å². The van der Waals surface area contributed by atoms with E-state index in [1.165, 1.54) is 6.92 Å². The second-order valence-electron chi connectivity index (χ2n) is 6.07. The Bertz CT molecular complexity index is 1140. The molecule has 4 rings (SSSR count).